The summed E-state index contributed by atoms with van der Waals surface area (Å²) in [7, 11) is 0. The van der Waals surface area contributed by atoms with Crippen molar-refractivity contribution in [3.05, 3.63) is 35.6 Å². The van der Waals surface area contributed by atoms with E-state index < -0.39 is 5.41 Å². The zero-order chi connectivity index (χ0) is 21.0. The molecule has 0 aromatic heterocycles. The van der Waals surface area contributed by atoms with Crippen molar-refractivity contribution in [2.75, 3.05) is 45.8 Å². The van der Waals surface area contributed by atoms with E-state index in [4.69, 9.17) is 0 Å². The van der Waals surface area contributed by atoms with Crippen molar-refractivity contribution >= 4 is 11.8 Å². The van der Waals surface area contributed by atoms with Gasteiger partial charge in [0.05, 0.1) is 12.0 Å². The molecule has 2 heterocycles. The number of likely N-dealkylation sites (tertiary alicyclic amines) is 1. The first-order valence-corrected chi connectivity index (χ1v) is 11.6. The molecule has 3 aliphatic rings. The predicted octanol–water partition coefficient (Wildman–Crippen LogP) is 3.18. The van der Waals surface area contributed by atoms with Crippen LogP contribution in [0.5, 0.6) is 0 Å². The Hall–Kier alpha value is -1.95. The van der Waals surface area contributed by atoms with Crippen molar-refractivity contribution in [3.63, 3.8) is 0 Å². The Morgan fingerprint density at radius 3 is 1.97 bits per heavy atom. The van der Waals surface area contributed by atoms with Gasteiger partial charge in [-0.15, -0.1) is 0 Å². The molecule has 2 amide bonds. The average molecular weight is 416 g/mol. The number of nitrogens with zero attached hydrogens (tertiary/aromatic N) is 3. The van der Waals surface area contributed by atoms with Gasteiger partial charge in [0.25, 0.3) is 0 Å². The number of halogens is 1. The molecule has 0 bridgehead atoms. The Labute approximate surface area is 179 Å². The lowest BCUT2D eigenvalue weighted by molar-refractivity contribution is -0.140. The summed E-state index contributed by atoms with van der Waals surface area (Å²) < 4.78 is 13.4. The molecule has 0 radical (unpaired) electrons. The van der Waals surface area contributed by atoms with Crippen LogP contribution in [0.3, 0.4) is 0 Å². The standard InChI is InChI=1S/C24H34FN3O2/c25-21-9-7-20(8-10-21)24(11-3-4-12-24)23(30)28-17-15-26(16-18-28)19-22(29)27-13-5-1-2-6-14-27/h7-10H,1-6,11-19H2. The third-order valence-corrected chi connectivity index (χ3v) is 7.24. The molecule has 0 atom stereocenters. The van der Waals surface area contributed by atoms with E-state index in [1.165, 1.54) is 25.0 Å². The first-order valence-electron chi connectivity index (χ1n) is 11.6. The Kier molecular flexibility index (Phi) is 6.71. The van der Waals surface area contributed by atoms with Crippen LogP contribution in [-0.4, -0.2) is 72.3 Å². The molecule has 1 aliphatic carbocycles. The quantitative estimate of drug-likeness (QED) is 0.759. The van der Waals surface area contributed by atoms with Crippen LogP contribution in [0.15, 0.2) is 24.3 Å². The van der Waals surface area contributed by atoms with Gasteiger partial charge >= 0.3 is 0 Å². The van der Waals surface area contributed by atoms with Crippen LogP contribution >= 0.6 is 0 Å². The predicted molar refractivity (Wildman–Crippen MR) is 115 cm³/mol. The first-order chi connectivity index (χ1) is 14.6. The largest absolute Gasteiger partial charge is 0.342 e. The molecule has 164 valence electrons. The van der Waals surface area contributed by atoms with Crippen molar-refractivity contribution in [3.8, 4) is 0 Å². The van der Waals surface area contributed by atoms with Gasteiger partial charge in [-0.05, 0) is 43.4 Å². The van der Waals surface area contributed by atoms with Gasteiger partial charge < -0.3 is 9.80 Å². The minimum atomic E-state index is -0.502. The SMILES string of the molecule is O=C(CN1CCN(C(=O)C2(c3ccc(F)cc3)CCCC2)CC1)N1CCCCCC1. The molecule has 4 rings (SSSR count). The molecular weight excluding hydrogens is 381 g/mol. The number of piperazine rings is 1. The maximum absolute atomic E-state index is 13.6. The maximum Gasteiger partial charge on any atom is 0.236 e. The third-order valence-electron chi connectivity index (χ3n) is 7.24. The number of rotatable bonds is 4. The summed E-state index contributed by atoms with van der Waals surface area (Å²) in [6.07, 6.45) is 8.41. The lowest BCUT2D eigenvalue weighted by Gasteiger charge is -2.40. The number of hydrogen-bond donors (Lipinski definition) is 0. The number of amides is 2. The lowest BCUT2D eigenvalue weighted by Crippen LogP contribution is -2.55. The highest BCUT2D eigenvalue weighted by atomic mass is 19.1. The lowest BCUT2D eigenvalue weighted by atomic mass is 9.77. The number of hydrogen-bond acceptors (Lipinski definition) is 3. The first kappa shape index (κ1) is 21.3. The molecule has 1 aromatic rings. The fourth-order valence-corrected chi connectivity index (χ4v) is 5.40. The minimum absolute atomic E-state index is 0.185. The number of benzene rings is 1. The Balaban J connectivity index is 1.35. The number of carbonyl (C=O) groups is 2. The van der Waals surface area contributed by atoms with Crippen LogP contribution in [0.2, 0.25) is 0 Å². The molecular formula is C24H34FN3O2. The van der Waals surface area contributed by atoms with E-state index in [1.54, 1.807) is 12.1 Å². The molecule has 0 spiro atoms. The van der Waals surface area contributed by atoms with Crippen molar-refractivity contribution in [1.29, 1.82) is 0 Å². The summed E-state index contributed by atoms with van der Waals surface area (Å²) in [5, 5.41) is 0. The Bertz CT molecular complexity index is 729. The second-order valence-electron chi connectivity index (χ2n) is 9.16. The highest BCUT2D eigenvalue weighted by Crippen LogP contribution is 2.42. The summed E-state index contributed by atoms with van der Waals surface area (Å²) in [4.78, 5) is 32.4. The Morgan fingerprint density at radius 1 is 0.767 bits per heavy atom. The second kappa shape index (κ2) is 9.46. The molecule has 30 heavy (non-hydrogen) atoms. The van der Waals surface area contributed by atoms with E-state index in [-0.39, 0.29) is 17.6 Å². The Morgan fingerprint density at radius 2 is 1.37 bits per heavy atom. The van der Waals surface area contributed by atoms with Crippen LogP contribution < -0.4 is 0 Å². The fourth-order valence-electron chi connectivity index (χ4n) is 5.40. The van der Waals surface area contributed by atoms with Gasteiger partial charge in [-0.3, -0.25) is 14.5 Å². The second-order valence-corrected chi connectivity index (χ2v) is 9.16. The van der Waals surface area contributed by atoms with Gasteiger partial charge in [0, 0.05) is 39.3 Å². The van der Waals surface area contributed by atoms with Gasteiger partial charge in [-0.2, -0.15) is 0 Å². The molecule has 1 aromatic carbocycles. The smallest absolute Gasteiger partial charge is 0.236 e. The molecule has 0 N–H and O–H groups in total. The van der Waals surface area contributed by atoms with E-state index in [9.17, 15) is 14.0 Å². The molecule has 3 fully saturated rings. The molecule has 2 aliphatic heterocycles. The monoisotopic (exact) mass is 415 g/mol. The summed E-state index contributed by atoms with van der Waals surface area (Å²) in [6, 6.07) is 6.51. The van der Waals surface area contributed by atoms with Gasteiger partial charge in [0.15, 0.2) is 0 Å². The zero-order valence-corrected chi connectivity index (χ0v) is 18.0. The van der Waals surface area contributed by atoms with Gasteiger partial charge in [0.1, 0.15) is 5.82 Å². The van der Waals surface area contributed by atoms with E-state index in [0.29, 0.717) is 19.6 Å². The minimum Gasteiger partial charge on any atom is -0.342 e. The third kappa shape index (κ3) is 4.53. The fraction of sp³-hybridized carbons (Fsp3) is 0.667. The van der Waals surface area contributed by atoms with E-state index in [2.05, 4.69) is 4.90 Å². The van der Waals surface area contributed by atoms with Gasteiger partial charge in [-0.25, -0.2) is 4.39 Å². The van der Waals surface area contributed by atoms with Crippen LogP contribution in [0.1, 0.15) is 56.9 Å². The highest BCUT2D eigenvalue weighted by molar-refractivity contribution is 5.89. The topological polar surface area (TPSA) is 43.9 Å². The summed E-state index contributed by atoms with van der Waals surface area (Å²) in [6.45, 7) is 5.04. The number of carbonyl (C=O) groups excluding carboxylic acids is 2. The van der Waals surface area contributed by atoms with Crippen LogP contribution in [0.4, 0.5) is 4.39 Å². The highest BCUT2D eigenvalue weighted by Gasteiger charge is 2.45. The van der Waals surface area contributed by atoms with Crippen molar-refractivity contribution in [2.24, 2.45) is 0 Å². The van der Waals surface area contributed by atoms with E-state index in [1.807, 2.05) is 9.80 Å². The summed E-state index contributed by atoms with van der Waals surface area (Å²) in [5.74, 6) is 0.155. The molecule has 1 saturated carbocycles. The molecule has 0 unspecified atom stereocenters. The average Bonchev–Trinajstić information content (AvgIpc) is 3.10. The van der Waals surface area contributed by atoms with E-state index >= 15 is 0 Å². The summed E-state index contributed by atoms with van der Waals surface area (Å²) >= 11 is 0. The summed E-state index contributed by atoms with van der Waals surface area (Å²) in [5.41, 5.74) is 0.447. The normalized spacial score (nSPS) is 22.7. The van der Waals surface area contributed by atoms with Crippen LogP contribution in [0.25, 0.3) is 0 Å². The molecule has 2 saturated heterocycles. The van der Waals surface area contributed by atoms with Gasteiger partial charge in [0.2, 0.25) is 11.8 Å². The van der Waals surface area contributed by atoms with Crippen molar-refractivity contribution < 1.29 is 14.0 Å². The van der Waals surface area contributed by atoms with E-state index in [0.717, 1.165) is 70.3 Å². The maximum atomic E-state index is 13.6. The molecule has 5 nitrogen and oxygen atoms in total. The molecule has 6 heteroatoms. The van der Waals surface area contributed by atoms with Crippen LogP contribution in [-0.2, 0) is 15.0 Å². The van der Waals surface area contributed by atoms with Crippen LogP contribution in [0, 0.1) is 5.82 Å². The van der Waals surface area contributed by atoms with Gasteiger partial charge in [-0.1, -0.05) is 37.8 Å². The zero-order valence-electron chi connectivity index (χ0n) is 18.0. The van der Waals surface area contributed by atoms with Crippen molar-refractivity contribution in [1.82, 2.24) is 14.7 Å². The van der Waals surface area contributed by atoms with Crippen molar-refractivity contribution in [2.45, 2.75) is 56.8 Å².